The Hall–Kier alpha value is -3.42. The first-order valence-corrected chi connectivity index (χ1v) is 8.52. The van der Waals surface area contributed by atoms with Gasteiger partial charge in [0.05, 0.1) is 19.2 Å². The number of methoxy groups -OCH3 is 1. The summed E-state index contributed by atoms with van der Waals surface area (Å²) in [5, 5.41) is 6.86. The minimum atomic E-state index is -3.06. The van der Waals surface area contributed by atoms with Gasteiger partial charge in [0.25, 0.3) is 5.91 Å². The first-order chi connectivity index (χ1) is 13.6. The number of amides is 1. The molecule has 1 aromatic heterocycles. The summed E-state index contributed by atoms with van der Waals surface area (Å²) >= 11 is 0. The van der Waals surface area contributed by atoms with Gasteiger partial charge in [-0.15, -0.1) is 0 Å². The van der Waals surface area contributed by atoms with Gasteiger partial charge in [0, 0.05) is 18.9 Å². The van der Waals surface area contributed by atoms with Crippen molar-refractivity contribution in [3.05, 3.63) is 77.6 Å². The summed E-state index contributed by atoms with van der Waals surface area (Å²) in [4.78, 5) is 12.5. The van der Waals surface area contributed by atoms with Gasteiger partial charge in [0.2, 0.25) is 0 Å². The van der Waals surface area contributed by atoms with Gasteiger partial charge >= 0.3 is 6.61 Å². The fourth-order valence-corrected chi connectivity index (χ4v) is 2.69. The first-order valence-electron chi connectivity index (χ1n) is 8.52. The lowest BCUT2D eigenvalue weighted by molar-refractivity contribution is -0.0515. The molecule has 1 heterocycles. The van der Waals surface area contributed by atoms with Crippen LogP contribution in [0.25, 0.3) is 0 Å². The Morgan fingerprint density at radius 3 is 2.54 bits per heavy atom. The number of hydrogen-bond donors (Lipinski definition) is 1. The molecule has 0 aliphatic rings. The molecule has 0 aliphatic carbocycles. The lowest BCUT2D eigenvalue weighted by atomic mass is 10.1. The number of nitrogens with one attached hydrogen (secondary N) is 1. The van der Waals surface area contributed by atoms with Crippen molar-refractivity contribution in [3.63, 3.8) is 0 Å². The zero-order chi connectivity index (χ0) is 19.9. The zero-order valence-electron chi connectivity index (χ0n) is 15.1. The van der Waals surface area contributed by atoms with E-state index in [0.29, 0.717) is 6.54 Å². The van der Waals surface area contributed by atoms with Crippen LogP contribution in [-0.4, -0.2) is 29.4 Å². The second kappa shape index (κ2) is 8.98. The van der Waals surface area contributed by atoms with Crippen molar-refractivity contribution in [2.75, 3.05) is 7.11 Å². The summed E-state index contributed by atoms with van der Waals surface area (Å²) in [6.07, 6.45) is 3.59. The molecule has 0 radical (unpaired) electrons. The molecule has 2 aromatic carbocycles. The third kappa shape index (κ3) is 4.85. The van der Waals surface area contributed by atoms with Crippen LogP contribution in [0.3, 0.4) is 0 Å². The van der Waals surface area contributed by atoms with Crippen LogP contribution in [0.1, 0.15) is 21.5 Å². The fourth-order valence-electron chi connectivity index (χ4n) is 2.69. The molecule has 1 N–H and O–H groups in total. The Morgan fingerprint density at radius 1 is 1.14 bits per heavy atom. The molecule has 0 aliphatic heterocycles. The van der Waals surface area contributed by atoms with E-state index in [1.165, 1.54) is 25.3 Å². The summed E-state index contributed by atoms with van der Waals surface area (Å²) in [5.41, 5.74) is 1.92. The van der Waals surface area contributed by atoms with Crippen molar-refractivity contribution in [3.8, 4) is 11.5 Å². The molecule has 0 spiro atoms. The molecule has 0 saturated carbocycles. The number of rotatable bonds is 8. The number of aromatic nitrogens is 2. The highest BCUT2D eigenvalue weighted by atomic mass is 19.3. The SMILES string of the molecule is COc1cccc(C(=O)NCc2ccc(Cn3cccn3)cc2)c1OC(F)F. The summed E-state index contributed by atoms with van der Waals surface area (Å²) in [5.74, 6) is -0.752. The third-order valence-corrected chi connectivity index (χ3v) is 4.03. The van der Waals surface area contributed by atoms with Crippen LogP contribution in [0.2, 0.25) is 0 Å². The van der Waals surface area contributed by atoms with Crippen LogP contribution in [0.15, 0.2) is 60.9 Å². The van der Waals surface area contributed by atoms with Crippen molar-refractivity contribution in [1.82, 2.24) is 15.1 Å². The minimum absolute atomic E-state index is 0.0186. The predicted octanol–water partition coefficient (Wildman–Crippen LogP) is 3.47. The number of halogens is 2. The number of alkyl halides is 2. The molecule has 0 saturated heterocycles. The number of ether oxygens (including phenoxy) is 2. The van der Waals surface area contributed by atoms with Gasteiger partial charge in [-0.2, -0.15) is 13.9 Å². The average molecular weight is 387 g/mol. The van der Waals surface area contributed by atoms with Crippen LogP contribution < -0.4 is 14.8 Å². The molecule has 1 amide bonds. The fraction of sp³-hybridized carbons (Fsp3) is 0.200. The van der Waals surface area contributed by atoms with Crippen molar-refractivity contribution in [2.45, 2.75) is 19.7 Å². The summed E-state index contributed by atoms with van der Waals surface area (Å²) in [7, 11) is 1.32. The molecule has 0 bridgehead atoms. The number of carbonyl (C=O) groups is 1. The molecular formula is C20H19F2N3O3. The zero-order valence-corrected chi connectivity index (χ0v) is 15.1. The van der Waals surface area contributed by atoms with Gasteiger partial charge in [-0.05, 0) is 29.3 Å². The lowest BCUT2D eigenvalue weighted by Crippen LogP contribution is -2.24. The van der Waals surface area contributed by atoms with Gasteiger partial charge in [-0.25, -0.2) is 0 Å². The van der Waals surface area contributed by atoms with Crippen molar-refractivity contribution in [1.29, 1.82) is 0 Å². The van der Waals surface area contributed by atoms with E-state index in [4.69, 9.17) is 4.74 Å². The number of benzene rings is 2. The second-order valence-corrected chi connectivity index (χ2v) is 5.92. The van der Waals surface area contributed by atoms with Gasteiger partial charge < -0.3 is 14.8 Å². The standard InChI is InChI=1S/C20H19F2N3O3/c1-27-17-5-2-4-16(18(17)28-20(21)22)19(26)23-12-14-6-8-15(9-7-14)13-25-11-3-10-24-25/h2-11,20H,12-13H2,1H3,(H,23,26). The molecule has 3 aromatic rings. The molecule has 8 heteroatoms. The van der Waals surface area contributed by atoms with E-state index in [9.17, 15) is 13.6 Å². The van der Waals surface area contributed by atoms with Gasteiger partial charge in [0.1, 0.15) is 0 Å². The van der Waals surface area contributed by atoms with E-state index >= 15 is 0 Å². The molecule has 0 unspecified atom stereocenters. The molecule has 28 heavy (non-hydrogen) atoms. The van der Waals surface area contributed by atoms with E-state index in [1.54, 1.807) is 6.20 Å². The summed E-state index contributed by atoms with van der Waals surface area (Å²) in [6.45, 7) is -2.17. The Balaban J connectivity index is 1.65. The van der Waals surface area contributed by atoms with E-state index in [1.807, 2.05) is 41.2 Å². The summed E-state index contributed by atoms with van der Waals surface area (Å²) in [6, 6.07) is 13.9. The Morgan fingerprint density at radius 2 is 1.89 bits per heavy atom. The molecule has 0 atom stereocenters. The van der Waals surface area contributed by atoms with E-state index in [0.717, 1.165) is 11.1 Å². The average Bonchev–Trinajstić information content (AvgIpc) is 3.20. The molecular weight excluding hydrogens is 368 g/mol. The van der Waals surface area contributed by atoms with Gasteiger partial charge in [-0.3, -0.25) is 9.48 Å². The number of hydrogen-bond acceptors (Lipinski definition) is 4. The van der Waals surface area contributed by atoms with Crippen LogP contribution in [-0.2, 0) is 13.1 Å². The normalized spacial score (nSPS) is 10.7. The van der Waals surface area contributed by atoms with Gasteiger partial charge in [0.15, 0.2) is 11.5 Å². The van der Waals surface area contributed by atoms with E-state index in [-0.39, 0.29) is 23.6 Å². The van der Waals surface area contributed by atoms with Crippen LogP contribution >= 0.6 is 0 Å². The van der Waals surface area contributed by atoms with Crippen LogP contribution in [0.5, 0.6) is 11.5 Å². The van der Waals surface area contributed by atoms with Crippen LogP contribution in [0.4, 0.5) is 8.78 Å². The minimum Gasteiger partial charge on any atom is -0.493 e. The maximum atomic E-state index is 12.7. The molecule has 146 valence electrons. The Labute approximate surface area is 160 Å². The van der Waals surface area contributed by atoms with Gasteiger partial charge in [-0.1, -0.05) is 30.3 Å². The Kier molecular flexibility index (Phi) is 6.21. The van der Waals surface area contributed by atoms with Crippen LogP contribution in [0, 0.1) is 0 Å². The highest BCUT2D eigenvalue weighted by Gasteiger charge is 2.20. The van der Waals surface area contributed by atoms with Crippen molar-refractivity contribution < 1.29 is 23.0 Å². The smallest absolute Gasteiger partial charge is 0.387 e. The third-order valence-electron chi connectivity index (χ3n) is 4.03. The van der Waals surface area contributed by atoms with E-state index < -0.39 is 12.5 Å². The largest absolute Gasteiger partial charge is 0.493 e. The van der Waals surface area contributed by atoms with E-state index in [2.05, 4.69) is 15.2 Å². The lowest BCUT2D eigenvalue weighted by Gasteiger charge is -2.14. The maximum Gasteiger partial charge on any atom is 0.387 e. The van der Waals surface area contributed by atoms with Crippen molar-refractivity contribution in [2.24, 2.45) is 0 Å². The Bertz CT molecular complexity index is 913. The summed E-state index contributed by atoms with van der Waals surface area (Å²) < 4.78 is 36.7. The predicted molar refractivity (Wildman–Crippen MR) is 98.6 cm³/mol. The topological polar surface area (TPSA) is 65.4 Å². The highest BCUT2D eigenvalue weighted by molar-refractivity contribution is 5.97. The number of carbonyl (C=O) groups excluding carboxylic acids is 1. The number of para-hydroxylation sites is 1. The molecule has 3 rings (SSSR count). The number of nitrogens with zero attached hydrogens (tertiary/aromatic N) is 2. The highest BCUT2D eigenvalue weighted by Crippen LogP contribution is 2.32. The first kappa shape index (κ1) is 19.3. The molecule has 6 nitrogen and oxygen atoms in total. The second-order valence-electron chi connectivity index (χ2n) is 5.92. The molecule has 0 fully saturated rings. The van der Waals surface area contributed by atoms with Crippen molar-refractivity contribution >= 4 is 5.91 Å². The quantitative estimate of drug-likeness (QED) is 0.643. The maximum absolute atomic E-state index is 12.7. The monoisotopic (exact) mass is 387 g/mol.